The molecule has 164 valence electrons. The first kappa shape index (κ1) is 23.4. The van der Waals surface area contributed by atoms with Gasteiger partial charge in [0.1, 0.15) is 24.4 Å². The lowest BCUT2D eigenvalue weighted by atomic mass is 9.97. The van der Waals surface area contributed by atoms with E-state index in [0.29, 0.717) is 0 Å². The molecule has 13 heteroatoms. The molecule has 2 saturated heterocycles. The van der Waals surface area contributed by atoms with Crippen molar-refractivity contribution in [3.05, 3.63) is 20.6 Å². The molecule has 0 aromatic heterocycles. The van der Waals surface area contributed by atoms with Crippen molar-refractivity contribution in [2.24, 2.45) is 5.11 Å². The molecule has 5 atom stereocenters. The summed E-state index contributed by atoms with van der Waals surface area (Å²) in [5, 5.41) is 12.7. The van der Waals surface area contributed by atoms with E-state index in [4.69, 9.17) is 23.9 Å². The maximum atomic E-state index is 11.8. The summed E-state index contributed by atoms with van der Waals surface area (Å²) >= 11 is 0. The van der Waals surface area contributed by atoms with Gasteiger partial charge in [0.15, 0.2) is 0 Å². The van der Waals surface area contributed by atoms with E-state index in [9.17, 15) is 14.9 Å². The molecule has 0 bridgehead atoms. The highest BCUT2D eigenvalue weighted by molar-refractivity contribution is 6.73. The minimum absolute atomic E-state index is 0.0732. The number of hydrogen-bond acceptors (Lipinski definition) is 9. The van der Waals surface area contributed by atoms with Gasteiger partial charge >= 0.3 is 14.5 Å². The Bertz CT molecular complexity index is 686. The van der Waals surface area contributed by atoms with Gasteiger partial charge < -0.3 is 18.3 Å². The first-order chi connectivity index (χ1) is 13.2. The van der Waals surface area contributed by atoms with Crippen LogP contribution in [0.3, 0.4) is 0 Å². The van der Waals surface area contributed by atoms with Crippen molar-refractivity contribution in [1.29, 1.82) is 0 Å². The van der Waals surface area contributed by atoms with Crippen LogP contribution in [0.25, 0.3) is 10.4 Å². The highest BCUT2D eigenvalue weighted by atomic mass is 28.4. The second kappa shape index (κ2) is 8.07. The summed E-state index contributed by atoms with van der Waals surface area (Å²) in [5.74, 6) is -0.650. The molecule has 2 aliphatic rings. The zero-order valence-electron chi connectivity index (χ0n) is 17.6. The molecule has 0 saturated carbocycles. The molecule has 0 spiro atoms. The number of carbonyl (C=O) groups is 1. The molecule has 2 aliphatic heterocycles. The van der Waals surface area contributed by atoms with Gasteiger partial charge in [-0.1, -0.05) is 46.7 Å². The molecular formula is C16H28N4O8Si. The molecule has 0 aromatic rings. The van der Waals surface area contributed by atoms with Gasteiger partial charge in [0.2, 0.25) is 6.29 Å². The smallest absolute Gasteiger partial charge is 0.349 e. The first-order valence-electron chi connectivity index (χ1n) is 9.23. The van der Waals surface area contributed by atoms with Crippen molar-refractivity contribution in [2.75, 3.05) is 6.61 Å². The van der Waals surface area contributed by atoms with Crippen LogP contribution in [0.2, 0.25) is 10.1 Å². The van der Waals surface area contributed by atoms with E-state index in [1.165, 1.54) is 6.92 Å². The predicted octanol–water partition coefficient (Wildman–Crippen LogP) is 2.99. The predicted molar refractivity (Wildman–Crippen MR) is 101 cm³/mol. The van der Waals surface area contributed by atoms with Crippen LogP contribution in [0.1, 0.15) is 48.5 Å². The summed E-state index contributed by atoms with van der Waals surface area (Å²) in [6, 6.07) is -1.31. The third-order valence-electron chi connectivity index (χ3n) is 5.02. The van der Waals surface area contributed by atoms with E-state index in [1.807, 2.05) is 41.5 Å². The fourth-order valence-corrected chi connectivity index (χ4v) is 9.14. The quantitative estimate of drug-likeness (QED) is 0.125. The summed E-state index contributed by atoms with van der Waals surface area (Å²) < 4.78 is 23.9. The van der Waals surface area contributed by atoms with Crippen molar-refractivity contribution in [1.82, 2.24) is 0 Å². The molecule has 29 heavy (non-hydrogen) atoms. The van der Waals surface area contributed by atoms with Crippen molar-refractivity contribution >= 4 is 14.5 Å². The minimum Gasteiger partial charge on any atom is -0.459 e. The van der Waals surface area contributed by atoms with Gasteiger partial charge in [-0.25, -0.2) is 0 Å². The van der Waals surface area contributed by atoms with Crippen LogP contribution in [-0.4, -0.2) is 56.9 Å². The van der Waals surface area contributed by atoms with Crippen molar-refractivity contribution in [3.8, 4) is 0 Å². The largest absolute Gasteiger partial charge is 0.459 e. The van der Waals surface area contributed by atoms with Gasteiger partial charge in [0.25, 0.3) is 5.09 Å². The summed E-state index contributed by atoms with van der Waals surface area (Å²) in [7, 11) is -2.97. The zero-order valence-corrected chi connectivity index (χ0v) is 18.6. The monoisotopic (exact) mass is 432 g/mol. The number of nitrogens with zero attached hydrogens (tertiary/aromatic N) is 4. The van der Waals surface area contributed by atoms with Crippen molar-refractivity contribution in [3.63, 3.8) is 0 Å². The van der Waals surface area contributed by atoms with Crippen LogP contribution < -0.4 is 0 Å². The maximum Gasteiger partial charge on any atom is 0.349 e. The van der Waals surface area contributed by atoms with Gasteiger partial charge in [-0.05, 0) is 5.53 Å². The topological polar surface area (TPSA) is 155 Å². The second-order valence-electron chi connectivity index (χ2n) is 9.15. The zero-order chi connectivity index (χ0) is 22.2. The summed E-state index contributed by atoms with van der Waals surface area (Å²) in [5.41, 5.74) is 8.96. The number of esters is 1. The van der Waals surface area contributed by atoms with Gasteiger partial charge in [0.05, 0.1) is 6.61 Å². The van der Waals surface area contributed by atoms with Gasteiger partial charge in [-0.15, -0.1) is 10.1 Å². The van der Waals surface area contributed by atoms with E-state index >= 15 is 0 Å². The third-order valence-corrected chi connectivity index (χ3v) is 10.1. The van der Waals surface area contributed by atoms with E-state index in [1.54, 1.807) is 0 Å². The summed E-state index contributed by atoms with van der Waals surface area (Å²) in [6.45, 7) is 13.3. The lowest BCUT2D eigenvalue weighted by molar-refractivity contribution is -0.783. The highest BCUT2D eigenvalue weighted by Gasteiger charge is 2.65. The molecule has 2 fully saturated rings. The molecule has 12 nitrogen and oxygen atoms in total. The Morgan fingerprint density at radius 2 is 1.86 bits per heavy atom. The molecule has 0 N–H and O–H groups in total. The average molecular weight is 433 g/mol. The molecule has 0 radical (unpaired) electrons. The van der Waals surface area contributed by atoms with Crippen LogP contribution in [0.15, 0.2) is 5.11 Å². The maximum absolute atomic E-state index is 11.8. The van der Waals surface area contributed by atoms with Gasteiger partial charge in [-0.2, -0.15) is 0 Å². The van der Waals surface area contributed by atoms with Gasteiger partial charge in [0, 0.05) is 21.9 Å². The molecule has 0 amide bonds. The molecule has 0 unspecified atom stereocenters. The summed E-state index contributed by atoms with van der Waals surface area (Å²) in [4.78, 5) is 29.9. The summed E-state index contributed by atoms with van der Waals surface area (Å²) in [6.07, 6.45) is -4.33. The minimum atomic E-state index is -2.97. The number of fused-ring (bicyclic) bond motifs is 1. The molecule has 0 aromatic carbocycles. The standard InChI is InChI=1S/C16H28N4O8Si/c1-9(21)25-13-11(18-19-17)14(27-20(22)23)26-10-8-24-29(15(2,3)4,16(5,6)7)28-12(10)13/h10-14H,8H2,1-7H3/t10-,11+,12-,13-,14-/m1/s1. The van der Waals surface area contributed by atoms with Gasteiger partial charge in [-0.3, -0.25) is 9.63 Å². The molecular weight excluding hydrogens is 404 g/mol. The van der Waals surface area contributed by atoms with Crippen molar-refractivity contribution < 1.29 is 33.0 Å². The van der Waals surface area contributed by atoms with Crippen LogP contribution in [0.4, 0.5) is 0 Å². The lowest BCUT2D eigenvalue weighted by Gasteiger charge is -2.57. The fraction of sp³-hybridized carbons (Fsp3) is 0.938. The van der Waals surface area contributed by atoms with E-state index in [2.05, 4.69) is 14.9 Å². The number of carbonyl (C=O) groups excluding carboxylic acids is 1. The molecule has 0 aliphatic carbocycles. The molecule has 2 rings (SSSR count). The van der Waals surface area contributed by atoms with Crippen LogP contribution in [0, 0.1) is 10.1 Å². The first-order valence-corrected chi connectivity index (χ1v) is 11.0. The number of rotatable bonds is 4. The van der Waals surface area contributed by atoms with Crippen molar-refractivity contribution in [2.45, 2.75) is 89.2 Å². The fourth-order valence-electron chi connectivity index (χ4n) is 4.18. The van der Waals surface area contributed by atoms with Crippen LogP contribution in [0.5, 0.6) is 0 Å². The molecule has 2 heterocycles. The Morgan fingerprint density at radius 3 is 2.31 bits per heavy atom. The van der Waals surface area contributed by atoms with E-state index in [-0.39, 0.29) is 16.7 Å². The number of hydrogen-bond donors (Lipinski definition) is 0. The lowest BCUT2D eigenvalue weighted by Crippen LogP contribution is -2.71. The Labute approximate surface area is 169 Å². The SMILES string of the molecule is CC(=O)O[C@@H]1[C@H](N=[N+]=[N-])[C@@H](O[N+](=O)[O-])O[C@@H]2CO[Si](C(C)(C)C)(C(C)(C)C)O[C@@H]12. The van der Waals surface area contributed by atoms with E-state index < -0.39 is 50.3 Å². The Balaban J connectivity index is 2.51. The highest BCUT2D eigenvalue weighted by Crippen LogP contribution is 2.55. The van der Waals surface area contributed by atoms with Crippen LogP contribution in [-0.2, 0) is 28.0 Å². The normalized spacial score (nSPS) is 31.8. The Morgan fingerprint density at radius 1 is 1.28 bits per heavy atom. The Hall–Kier alpha value is -1.92. The third kappa shape index (κ3) is 4.48. The Kier molecular flexibility index (Phi) is 6.50. The average Bonchev–Trinajstić information content (AvgIpc) is 2.54. The second-order valence-corrected chi connectivity index (χ2v) is 13.9. The van der Waals surface area contributed by atoms with E-state index in [0.717, 1.165) is 0 Å². The number of azide groups is 1. The van der Waals surface area contributed by atoms with Crippen LogP contribution >= 0.6 is 0 Å². The number of ether oxygens (including phenoxy) is 2.